The molecule has 3 rings (SSSR count). The number of hydrogen-bond acceptors (Lipinski definition) is 4. The monoisotopic (exact) mass is 417 g/mol. The van der Waals surface area contributed by atoms with E-state index >= 15 is 0 Å². The quantitative estimate of drug-likeness (QED) is 0.573. The second-order valence-corrected chi connectivity index (χ2v) is 6.52. The molecule has 0 unspecified atom stereocenters. The van der Waals surface area contributed by atoms with E-state index in [1.54, 1.807) is 36.5 Å². The van der Waals surface area contributed by atoms with E-state index in [1.807, 2.05) is 13.8 Å². The summed E-state index contributed by atoms with van der Waals surface area (Å²) in [4.78, 5) is 12.6. The summed E-state index contributed by atoms with van der Waals surface area (Å²) in [5, 5.41) is 7.25. The Hall–Kier alpha value is -3.06. The first-order valence-electron chi connectivity index (χ1n) is 9.18. The highest BCUT2D eigenvalue weighted by Gasteiger charge is 2.13. The molecule has 0 atom stereocenters. The van der Waals surface area contributed by atoms with Crippen LogP contribution in [-0.4, -0.2) is 28.9 Å². The Bertz CT molecular complexity index is 986. The molecule has 0 spiro atoms. The molecule has 29 heavy (non-hydrogen) atoms. The van der Waals surface area contributed by atoms with Gasteiger partial charge in [-0.1, -0.05) is 17.7 Å². The van der Waals surface area contributed by atoms with Gasteiger partial charge in [-0.3, -0.25) is 9.48 Å². The van der Waals surface area contributed by atoms with Gasteiger partial charge in [0.1, 0.15) is 5.82 Å². The number of aromatic nitrogens is 2. The lowest BCUT2D eigenvalue weighted by atomic mass is 10.2. The van der Waals surface area contributed by atoms with Gasteiger partial charge in [0, 0.05) is 22.3 Å². The maximum Gasteiger partial charge on any atom is 0.255 e. The average molecular weight is 418 g/mol. The first-order valence-corrected chi connectivity index (χ1v) is 9.56. The van der Waals surface area contributed by atoms with Gasteiger partial charge in [-0.05, 0) is 44.2 Å². The Kier molecular flexibility index (Phi) is 6.72. The molecule has 3 aromatic rings. The maximum absolute atomic E-state index is 13.9. The molecule has 0 fully saturated rings. The highest BCUT2D eigenvalue weighted by molar-refractivity contribution is 6.31. The largest absolute Gasteiger partial charge is 0.490 e. The second kappa shape index (κ2) is 9.43. The van der Waals surface area contributed by atoms with Crippen LogP contribution in [0.4, 0.5) is 10.1 Å². The van der Waals surface area contributed by atoms with Crippen LogP contribution in [0, 0.1) is 5.82 Å². The van der Waals surface area contributed by atoms with E-state index in [4.69, 9.17) is 21.1 Å². The summed E-state index contributed by atoms with van der Waals surface area (Å²) in [6, 6.07) is 9.50. The minimum Gasteiger partial charge on any atom is -0.490 e. The smallest absolute Gasteiger partial charge is 0.255 e. The lowest BCUT2D eigenvalue weighted by Gasteiger charge is -2.12. The van der Waals surface area contributed by atoms with Gasteiger partial charge in [0.2, 0.25) is 0 Å². The Morgan fingerprint density at radius 3 is 2.66 bits per heavy atom. The molecule has 0 radical (unpaired) electrons. The van der Waals surface area contributed by atoms with Crippen molar-refractivity contribution in [2.45, 2.75) is 20.4 Å². The van der Waals surface area contributed by atoms with Gasteiger partial charge in [0.05, 0.1) is 31.6 Å². The van der Waals surface area contributed by atoms with Crippen LogP contribution >= 0.6 is 11.6 Å². The van der Waals surface area contributed by atoms with Gasteiger partial charge in [0.15, 0.2) is 11.5 Å². The van der Waals surface area contributed by atoms with Gasteiger partial charge in [-0.15, -0.1) is 0 Å². The zero-order valence-corrected chi connectivity index (χ0v) is 16.9. The third-order valence-electron chi connectivity index (χ3n) is 4.08. The van der Waals surface area contributed by atoms with Crippen molar-refractivity contribution < 1.29 is 18.7 Å². The van der Waals surface area contributed by atoms with Gasteiger partial charge in [0.25, 0.3) is 5.91 Å². The maximum atomic E-state index is 13.9. The molecule has 0 saturated carbocycles. The lowest BCUT2D eigenvalue weighted by Crippen LogP contribution is -2.12. The Balaban J connectivity index is 1.72. The van der Waals surface area contributed by atoms with Gasteiger partial charge < -0.3 is 14.8 Å². The topological polar surface area (TPSA) is 65.4 Å². The van der Waals surface area contributed by atoms with Crippen molar-refractivity contribution >= 4 is 23.2 Å². The summed E-state index contributed by atoms with van der Waals surface area (Å²) in [6.45, 7) is 4.84. The van der Waals surface area contributed by atoms with Gasteiger partial charge >= 0.3 is 0 Å². The van der Waals surface area contributed by atoms with Crippen molar-refractivity contribution in [2.75, 3.05) is 18.5 Å². The van der Waals surface area contributed by atoms with Crippen molar-refractivity contribution in [2.24, 2.45) is 0 Å². The Morgan fingerprint density at radius 1 is 1.17 bits per heavy atom. The fourth-order valence-corrected chi connectivity index (χ4v) is 2.98. The van der Waals surface area contributed by atoms with E-state index < -0.39 is 5.82 Å². The molecule has 6 nitrogen and oxygen atoms in total. The first-order chi connectivity index (χ1) is 14.0. The summed E-state index contributed by atoms with van der Waals surface area (Å²) < 4.78 is 26.5. The zero-order valence-electron chi connectivity index (χ0n) is 16.1. The molecule has 1 N–H and O–H groups in total. The fourth-order valence-electron chi connectivity index (χ4n) is 2.76. The number of carbonyl (C=O) groups excluding carboxylic acids is 1. The zero-order chi connectivity index (χ0) is 20.8. The van der Waals surface area contributed by atoms with Crippen LogP contribution in [-0.2, 0) is 6.54 Å². The van der Waals surface area contributed by atoms with Crippen LogP contribution in [0.15, 0.2) is 48.8 Å². The minimum atomic E-state index is -0.406. The predicted molar refractivity (Wildman–Crippen MR) is 109 cm³/mol. The van der Waals surface area contributed by atoms with Crippen molar-refractivity contribution in [3.63, 3.8) is 0 Å². The number of rotatable bonds is 8. The molecule has 0 aliphatic carbocycles. The number of nitrogens with zero attached hydrogens (tertiary/aromatic N) is 2. The Labute approximate surface area is 173 Å². The van der Waals surface area contributed by atoms with Crippen LogP contribution in [0.2, 0.25) is 5.02 Å². The van der Waals surface area contributed by atoms with E-state index in [9.17, 15) is 9.18 Å². The van der Waals surface area contributed by atoms with Gasteiger partial charge in [-0.2, -0.15) is 5.10 Å². The average Bonchev–Trinajstić information content (AvgIpc) is 3.13. The molecule has 8 heteroatoms. The van der Waals surface area contributed by atoms with Crippen molar-refractivity contribution in [1.29, 1.82) is 0 Å². The summed E-state index contributed by atoms with van der Waals surface area (Å²) >= 11 is 6.05. The number of anilines is 1. The summed E-state index contributed by atoms with van der Waals surface area (Å²) in [7, 11) is 0. The molecule has 1 heterocycles. The molecule has 2 aromatic carbocycles. The van der Waals surface area contributed by atoms with Crippen LogP contribution in [0.3, 0.4) is 0 Å². The third kappa shape index (κ3) is 5.06. The molecule has 0 saturated heterocycles. The number of halogens is 2. The van der Waals surface area contributed by atoms with E-state index in [1.165, 1.54) is 16.9 Å². The van der Waals surface area contributed by atoms with Crippen molar-refractivity contribution in [3.8, 4) is 11.5 Å². The molecule has 152 valence electrons. The van der Waals surface area contributed by atoms with Crippen LogP contribution < -0.4 is 14.8 Å². The second-order valence-electron chi connectivity index (χ2n) is 6.11. The standard InChI is InChI=1S/C21H21ClFN3O3/c1-3-28-19-9-8-14(10-20(19)29-4-2)21(27)25-15-11-24-26(12-15)13-16-17(22)6-5-7-18(16)23/h5-12H,3-4,13H2,1-2H3,(H,25,27). The van der Waals surface area contributed by atoms with Crippen LogP contribution in [0.1, 0.15) is 29.8 Å². The number of amides is 1. The van der Waals surface area contributed by atoms with E-state index in [-0.39, 0.29) is 12.5 Å². The highest BCUT2D eigenvalue weighted by atomic mass is 35.5. The lowest BCUT2D eigenvalue weighted by molar-refractivity contribution is 0.102. The predicted octanol–water partition coefficient (Wildman–Crippen LogP) is 4.77. The molecule has 0 bridgehead atoms. The number of ether oxygens (including phenoxy) is 2. The highest BCUT2D eigenvalue weighted by Crippen LogP contribution is 2.29. The molecule has 0 aliphatic rings. The summed E-state index contributed by atoms with van der Waals surface area (Å²) in [6.07, 6.45) is 3.10. The van der Waals surface area contributed by atoms with E-state index in [2.05, 4.69) is 10.4 Å². The number of hydrogen-bond donors (Lipinski definition) is 1. The number of benzene rings is 2. The number of carbonyl (C=O) groups is 1. The van der Waals surface area contributed by atoms with Crippen LogP contribution in [0.5, 0.6) is 11.5 Å². The van der Waals surface area contributed by atoms with E-state index in [0.717, 1.165) is 0 Å². The third-order valence-corrected chi connectivity index (χ3v) is 4.43. The molecule has 1 amide bonds. The normalized spacial score (nSPS) is 10.6. The van der Waals surface area contributed by atoms with Gasteiger partial charge in [-0.25, -0.2) is 4.39 Å². The molecular formula is C21H21ClFN3O3. The molecular weight excluding hydrogens is 397 g/mol. The molecule has 0 aliphatic heterocycles. The van der Waals surface area contributed by atoms with E-state index in [0.29, 0.717) is 46.5 Å². The fraction of sp³-hybridized carbons (Fsp3) is 0.238. The number of nitrogens with one attached hydrogen (secondary N) is 1. The molecule has 1 aromatic heterocycles. The van der Waals surface area contributed by atoms with Crippen molar-refractivity contribution in [1.82, 2.24) is 9.78 Å². The summed E-state index contributed by atoms with van der Waals surface area (Å²) in [5.41, 5.74) is 1.24. The Morgan fingerprint density at radius 2 is 1.93 bits per heavy atom. The van der Waals surface area contributed by atoms with Crippen LogP contribution in [0.25, 0.3) is 0 Å². The first kappa shape index (κ1) is 20.7. The SMILES string of the molecule is CCOc1ccc(C(=O)Nc2cnn(Cc3c(F)cccc3Cl)c2)cc1OCC. The van der Waals surface area contributed by atoms with Crippen molar-refractivity contribution in [3.05, 3.63) is 70.8 Å². The minimum absolute atomic E-state index is 0.152. The summed E-state index contributed by atoms with van der Waals surface area (Å²) in [5.74, 6) is 0.362.